The molecule has 0 atom stereocenters. The molecular formula is C16H25FN2S. The monoisotopic (exact) mass is 296 g/mol. The third-order valence-electron chi connectivity index (χ3n) is 3.41. The van der Waals surface area contributed by atoms with E-state index in [9.17, 15) is 4.39 Å². The van der Waals surface area contributed by atoms with E-state index in [1.54, 1.807) is 12.1 Å². The van der Waals surface area contributed by atoms with Crippen molar-refractivity contribution in [3.05, 3.63) is 29.6 Å². The molecule has 1 heterocycles. The Hall–Kier alpha value is -0.740. The average Bonchev–Trinajstić information content (AvgIpc) is 2.64. The molecule has 112 valence electrons. The molecule has 0 bridgehead atoms. The average molecular weight is 296 g/mol. The van der Waals surface area contributed by atoms with Crippen LogP contribution in [0.5, 0.6) is 0 Å². The van der Waals surface area contributed by atoms with E-state index in [1.165, 1.54) is 17.9 Å². The van der Waals surface area contributed by atoms with Gasteiger partial charge in [-0.2, -0.15) is 11.8 Å². The maximum absolute atomic E-state index is 13.6. The predicted molar refractivity (Wildman–Crippen MR) is 87.1 cm³/mol. The third kappa shape index (κ3) is 4.67. The zero-order valence-corrected chi connectivity index (χ0v) is 13.5. The zero-order valence-electron chi connectivity index (χ0n) is 12.7. The molecule has 0 aromatic heterocycles. The van der Waals surface area contributed by atoms with Gasteiger partial charge in [-0.3, -0.25) is 0 Å². The van der Waals surface area contributed by atoms with Gasteiger partial charge in [0.25, 0.3) is 0 Å². The van der Waals surface area contributed by atoms with Crippen molar-refractivity contribution in [1.82, 2.24) is 5.32 Å². The molecule has 0 saturated carbocycles. The van der Waals surface area contributed by atoms with Crippen LogP contribution in [0.15, 0.2) is 18.2 Å². The van der Waals surface area contributed by atoms with E-state index in [1.807, 2.05) is 17.8 Å². The van der Waals surface area contributed by atoms with Crippen molar-refractivity contribution in [3.8, 4) is 0 Å². The minimum atomic E-state index is -0.149. The van der Waals surface area contributed by atoms with Crippen molar-refractivity contribution < 1.29 is 4.39 Å². The fourth-order valence-electron chi connectivity index (χ4n) is 2.35. The van der Waals surface area contributed by atoms with Gasteiger partial charge in [-0.1, -0.05) is 0 Å². The van der Waals surface area contributed by atoms with Crippen LogP contribution in [-0.2, 0) is 6.54 Å². The molecule has 4 heteroatoms. The second kappa shape index (κ2) is 6.81. The minimum absolute atomic E-state index is 0.0399. The van der Waals surface area contributed by atoms with Crippen LogP contribution in [0.4, 0.5) is 10.1 Å². The van der Waals surface area contributed by atoms with Crippen LogP contribution in [-0.4, -0.2) is 30.1 Å². The van der Waals surface area contributed by atoms with Gasteiger partial charge < -0.3 is 10.2 Å². The number of nitrogens with zero attached hydrogens (tertiary/aromatic N) is 1. The van der Waals surface area contributed by atoms with Crippen LogP contribution in [0.1, 0.15) is 32.8 Å². The summed E-state index contributed by atoms with van der Waals surface area (Å²) in [6.45, 7) is 9.23. The number of benzene rings is 1. The number of rotatable bonds is 3. The molecule has 0 radical (unpaired) electrons. The van der Waals surface area contributed by atoms with Crippen LogP contribution < -0.4 is 10.2 Å². The number of halogens is 1. The van der Waals surface area contributed by atoms with Gasteiger partial charge >= 0.3 is 0 Å². The first kappa shape index (κ1) is 15.6. The molecule has 1 fully saturated rings. The highest BCUT2D eigenvalue weighted by molar-refractivity contribution is 7.99. The number of hydrogen-bond donors (Lipinski definition) is 1. The molecule has 0 spiro atoms. The van der Waals surface area contributed by atoms with Crippen molar-refractivity contribution in [2.75, 3.05) is 29.5 Å². The van der Waals surface area contributed by atoms with E-state index in [0.29, 0.717) is 6.54 Å². The molecule has 0 aliphatic carbocycles. The summed E-state index contributed by atoms with van der Waals surface area (Å²) in [6, 6.07) is 5.19. The molecule has 0 unspecified atom stereocenters. The summed E-state index contributed by atoms with van der Waals surface area (Å²) in [5.74, 6) is 2.24. The SMILES string of the molecule is CC(C)(C)NCc1cc(F)ccc1N1CCCSCC1. The maximum atomic E-state index is 13.6. The molecule has 1 saturated heterocycles. The van der Waals surface area contributed by atoms with Crippen molar-refractivity contribution >= 4 is 17.4 Å². The van der Waals surface area contributed by atoms with E-state index >= 15 is 0 Å². The van der Waals surface area contributed by atoms with Crippen molar-refractivity contribution in [1.29, 1.82) is 0 Å². The van der Waals surface area contributed by atoms with E-state index in [2.05, 4.69) is 31.0 Å². The highest BCUT2D eigenvalue weighted by atomic mass is 32.2. The van der Waals surface area contributed by atoms with Gasteiger partial charge in [0.05, 0.1) is 0 Å². The van der Waals surface area contributed by atoms with Gasteiger partial charge in [0.15, 0.2) is 0 Å². The largest absolute Gasteiger partial charge is 0.370 e. The highest BCUT2D eigenvalue weighted by Gasteiger charge is 2.16. The number of hydrogen-bond acceptors (Lipinski definition) is 3. The van der Waals surface area contributed by atoms with E-state index in [0.717, 1.165) is 24.4 Å². The summed E-state index contributed by atoms with van der Waals surface area (Å²) < 4.78 is 13.6. The maximum Gasteiger partial charge on any atom is 0.123 e. The fourth-order valence-corrected chi connectivity index (χ4v) is 3.24. The summed E-state index contributed by atoms with van der Waals surface area (Å²) in [5.41, 5.74) is 2.29. The topological polar surface area (TPSA) is 15.3 Å². The second-order valence-electron chi connectivity index (χ2n) is 6.33. The second-order valence-corrected chi connectivity index (χ2v) is 7.55. The Morgan fingerprint density at radius 1 is 1.25 bits per heavy atom. The fraction of sp³-hybridized carbons (Fsp3) is 0.625. The first-order chi connectivity index (χ1) is 9.46. The Morgan fingerprint density at radius 3 is 2.80 bits per heavy atom. The first-order valence-corrected chi connectivity index (χ1v) is 8.47. The molecule has 2 rings (SSSR count). The van der Waals surface area contributed by atoms with Gasteiger partial charge in [0.1, 0.15) is 5.82 Å². The summed E-state index contributed by atoms with van der Waals surface area (Å²) in [5, 5.41) is 3.46. The number of anilines is 1. The molecule has 0 amide bonds. The Labute approximate surface area is 126 Å². The lowest BCUT2D eigenvalue weighted by Gasteiger charge is -2.27. The van der Waals surface area contributed by atoms with Gasteiger partial charge in [0.2, 0.25) is 0 Å². The smallest absolute Gasteiger partial charge is 0.123 e. The third-order valence-corrected chi connectivity index (χ3v) is 4.46. The summed E-state index contributed by atoms with van der Waals surface area (Å²) >= 11 is 2.01. The molecule has 1 aromatic carbocycles. The van der Waals surface area contributed by atoms with Gasteiger partial charge in [-0.05, 0) is 56.7 Å². The Balaban J connectivity index is 2.18. The molecule has 1 aliphatic rings. The normalized spacial score (nSPS) is 17.1. The van der Waals surface area contributed by atoms with Crippen LogP contribution in [0.25, 0.3) is 0 Å². The van der Waals surface area contributed by atoms with E-state index in [-0.39, 0.29) is 11.4 Å². The highest BCUT2D eigenvalue weighted by Crippen LogP contribution is 2.25. The lowest BCUT2D eigenvalue weighted by atomic mass is 10.1. The molecule has 1 aromatic rings. The van der Waals surface area contributed by atoms with E-state index < -0.39 is 0 Å². The Bertz CT molecular complexity index is 435. The first-order valence-electron chi connectivity index (χ1n) is 7.32. The van der Waals surface area contributed by atoms with Crippen LogP contribution in [0.3, 0.4) is 0 Å². The molecule has 20 heavy (non-hydrogen) atoms. The Kier molecular flexibility index (Phi) is 5.33. The minimum Gasteiger partial charge on any atom is -0.370 e. The molecule has 1 N–H and O–H groups in total. The summed E-state index contributed by atoms with van der Waals surface area (Å²) in [4.78, 5) is 2.40. The van der Waals surface area contributed by atoms with E-state index in [4.69, 9.17) is 0 Å². The number of nitrogens with one attached hydrogen (secondary N) is 1. The summed E-state index contributed by atoms with van der Waals surface area (Å²) in [7, 11) is 0. The van der Waals surface area contributed by atoms with Crippen LogP contribution in [0.2, 0.25) is 0 Å². The lowest BCUT2D eigenvalue weighted by molar-refractivity contribution is 0.423. The lowest BCUT2D eigenvalue weighted by Crippen LogP contribution is -2.36. The predicted octanol–water partition coefficient (Wildman–Crippen LogP) is 3.66. The molecular weight excluding hydrogens is 271 g/mol. The van der Waals surface area contributed by atoms with Gasteiger partial charge in [-0.15, -0.1) is 0 Å². The van der Waals surface area contributed by atoms with Crippen molar-refractivity contribution in [2.45, 2.75) is 39.3 Å². The van der Waals surface area contributed by atoms with Crippen molar-refractivity contribution in [3.63, 3.8) is 0 Å². The van der Waals surface area contributed by atoms with Crippen molar-refractivity contribution in [2.24, 2.45) is 0 Å². The summed E-state index contributed by atoms with van der Waals surface area (Å²) in [6.07, 6.45) is 1.20. The van der Waals surface area contributed by atoms with Crippen LogP contribution >= 0.6 is 11.8 Å². The quantitative estimate of drug-likeness (QED) is 0.916. The zero-order chi connectivity index (χ0) is 14.6. The van der Waals surface area contributed by atoms with Gasteiger partial charge in [-0.25, -0.2) is 4.39 Å². The van der Waals surface area contributed by atoms with Gasteiger partial charge in [0, 0.05) is 36.6 Å². The molecule has 2 nitrogen and oxygen atoms in total. The standard InChI is InChI=1S/C16H25FN2S/c1-16(2,3)18-12-13-11-14(17)5-6-15(13)19-7-4-9-20-10-8-19/h5-6,11,18H,4,7-10,12H2,1-3H3. The number of thioether (sulfide) groups is 1. The van der Waals surface area contributed by atoms with Crippen LogP contribution in [0, 0.1) is 5.82 Å². The Morgan fingerprint density at radius 2 is 2.05 bits per heavy atom. The molecule has 1 aliphatic heterocycles.